The van der Waals surface area contributed by atoms with Gasteiger partial charge in [-0.25, -0.2) is 0 Å². The van der Waals surface area contributed by atoms with Gasteiger partial charge in [-0.3, -0.25) is 4.98 Å². The topological polar surface area (TPSA) is 27.1 Å². The highest BCUT2D eigenvalue weighted by Crippen LogP contribution is 2.31. The molecule has 4 aromatic rings. The summed E-state index contributed by atoms with van der Waals surface area (Å²) in [7, 11) is 1.68. The number of methoxy groups -OCH3 is 1. The van der Waals surface area contributed by atoms with E-state index >= 15 is 0 Å². The number of pyridine rings is 1. The van der Waals surface area contributed by atoms with Gasteiger partial charge >= 0.3 is 0 Å². The quantitative estimate of drug-likeness (QED) is 0.548. The Balaban J connectivity index is 1.98. The van der Waals surface area contributed by atoms with Crippen LogP contribution >= 0.6 is 0 Å². The van der Waals surface area contributed by atoms with E-state index in [2.05, 4.69) is 58.1 Å². The Labute approximate surface area is 134 Å². The van der Waals surface area contributed by atoms with E-state index < -0.39 is 0 Å². The van der Waals surface area contributed by atoms with E-state index in [1.807, 2.05) is 30.6 Å². The zero-order chi connectivity index (χ0) is 15.6. The molecule has 0 spiro atoms. The fourth-order valence-electron chi connectivity index (χ4n) is 2.89. The standard InChI is InChI=1S/C20H16N2O/c1-23-18-9-7-15(8-10-18)20-13-16-14-21-12-11-19(16)22(20)17-5-3-2-4-6-17/h2-14H,1H3. The van der Waals surface area contributed by atoms with Crippen LogP contribution in [0.2, 0.25) is 0 Å². The molecule has 0 amide bonds. The Morgan fingerprint density at radius 2 is 1.70 bits per heavy atom. The minimum absolute atomic E-state index is 0.859. The normalized spacial score (nSPS) is 10.8. The van der Waals surface area contributed by atoms with E-state index in [1.54, 1.807) is 7.11 Å². The summed E-state index contributed by atoms with van der Waals surface area (Å²) < 4.78 is 7.52. The van der Waals surface area contributed by atoms with Crippen LogP contribution in [-0.4, -0.2) is 16.7 Å². The summed E-state index contributed by atoms with van der Waals surface area (Å²) >= 11 is 0. The summed E-state index contributed by atoms with van der Waals surface area (Å²) in [4.78, 5) is 4.25. The molecule has 0 saturated heterocycles. The van der Waals surface area contributed by atoms with Gasteiger partial charge in [0.15, 0.2) is 0 Å². The Kier molecular flexibility index (Phi) is 3.31. The summed E-state index contributed by atoms with van der Waals surface area (Å²) in [6.45, 7) is 0. The van der Waals surface area contributed by atoms with Gasteiger partial charge in [0.05, 0.1) is 18.3 Å². The van der Waals surface area contributed by atoms with Crippen LogP contribution in [-0.2, 0) is 0 Å². The van der Waals surface area contributed by atoms with Gasteiger partial charge in [-0.05, 0) is 54.1 Å². The second kappa shape index (κ2) is 5.61. The second-order valence-electron chi connectivity index (χ2n) is 5.36. The van der Waals surface area contributed by atoms with Gasteiger partial charge in [-0.1, -0.05) is 18.2 Å². The van der Waals surface area contributed by atoms with Crippen LogP contribution in [0.15, 0.2) is 79.1 Å². The molecule has 3 heteroatoms. The van der Waals surface area contributed by atoms with E-state index in [-0.39, 0.29) is 0 Å². The number of hydrogen-bond donors (Lipinski definition) is 0. The highest BCUT2D eigenvalue weighted by molar-refractivity contribution is 5.88. The Bertz CT molecular complexity index is 940. The number of hydrogen-bond acceptors (Lipinski definition) is 2. The third-order valence-corrected chi connectivity index (χ3v) is 4.00. The molecule has 0 N–H and O–H groups in total. The van der Waals surface area contributed by atoms with Crippen molar-refractivity contribution in [3.05, 3.63) is 79.1 Å². The molecule has 2 heterocycles. The van der Waals surface area contributed by atoms with E-state index in [0.29, 0.717) is 0 Å². The summed E-state index contributed by atoms with van der Waals surface area (Å²) in [5.41, 5.74) is 4.57. The summed E-state index contributed by atoms with van der Waals surface area (Å²) in [5.74, 6) is 0.859. The first-order valence-electron chi connectivity index (χ1n) is 7.52. The highest BCUT2D eigenvalue weighted by atomic mass is 16.5. The molecule has 112 valence electrons. The second-order valence-corrected chi connectivity index (χ2v) is 5.36. The fraction of sp³-hybridized carbons (Fsp3) is 0.0500. The maximum Gasteiger partial charge on any atom is 0.118 e. The molecule has 0 aliphatic rings. The molecule has 0 saturated carbocycles. The first-order valence-corrected chi connectivity index (χ1v) is 7.52. The van der Waals surface area contributed by atoms with Gasteiger partial charge in [0.1, 0.15) is 5.75 Å². The van der Waals surface area contributed by atoms with E-state index in [1.165, 1.54) is 0 Å². The van der Waals surface area contributed by atoms with Crippen LogP contribution in [0.3, 0.4) is 0 Å². The lowest BCUT2D eigenvalue weighted by Gasteiger charge is -2.11. The van der Waals surface area contributed by atoms with Gasteiger partial charge in [-0.15, -0.1) is 0 Å². The molecule has 0 bridgehead atoms. The number of aromatic nitrogens is 2. The molecule has 4 rings (SSSR count). The average Bonchev–Trinajstić information content (AvgIpc) is 3.02. The monoisotopic (exact) mass is 300 g/mol. The zero-order valence-corrected chi connectivity index (χ0v) is 12.8. The van der Waals surface area contributed by atoms with Crippen LogP contribution < -0.4 is 4.74 Å². The third-order valence-electron chi connectivity index (χ3n) is 4.00. The van der Waals surface area contributed by atoms with Crippen molar-refractivity contribution in [2.24, 2.45) is 0 Å². The molecule has 0 aliphatic carbocycles. The minimum Gasteiger partial charge on any atom is -0.497 e. The Morgan fingerprint density at radius 1 is 0.913 bits per heavy atom. The van der Waals surface area contributed by atoms with Crippen molar-refractivity contribution in [1.82, 2.24) is 9.55 Å². The van der Waals surface area contributed by atoms with Crippen molar-refractivity contribution < 1.29 is 4.74 Å². The summed E-state index contributed by atoms with van der Waals surface area (Å²) in [6, 6.07) is 22.7. The molecular weight excluding hydrogens is 284 g/mol. The highest BCUT2D eigenvalue weighted by Gasteiger charge is 2.12. The molecule has 2 aromatic heterocycles. The number of benzene rings is 2. The smallest absolute Gasteiger partial charge is 0.118 e. The molecular formula is C20H16N2O. The predicted molar refractivity (Wildman–Crippen MR) is 93.1 cm³/mol. The van der Waals surface area contributed by atoms with Crippen molar-refractivity contribution in [2.75, 3.05) is 7.11 Å². The first kappa shape index (κ1) is 13.6. The van der Waals surface area contributed by atoms with Crippen molar-refractivity contribution >= 4 is 10.9 Å². The van der Waals surface area contributed by atoms with E-state index in [0.717, 1.165) is 33.6 Å². The molecule has 0 radical (unpaired) electrons. The van der Waals surface area contributed by atoms with E-state index in [4.69, 9.17) is 4.74 Å². The average molecular weight is 300 g/mol. The number of para-hydroxylation sites is 1. The summed E-state index contributed by atoms with van der Waals surface area (Å²) in [6.07, 6.45) is 3.74. The first-order chi connectivity index (χ1) is 11.4. The number of nitrogens with zero attached hydrogens (tertiary/aromatic N) is 2. The lowest BCUT2D eigenvalue weighted by atomic mass is 10.1. The van der Waals surface area contributed by atoms with Crippen LogP contribution in [0.1, 0.15) is 0 Å². The van der Waals surface area contributed by atoms with Crippen molar-refractivity contribution in [3.63, 3.8) is 0 Å². The maximum atomic E-state index is 5.26. The fourth-order valence-corrected chi connectivity index (χ4v) is 2.89. The number of rotatable bonds is 3. The van der Waals surface area contributed by atoms with Crippen LogP contribution in [0.4, 0.5) is 0 Å². The zero-order valence-electron chi connectivity index (χ0n) is 12.8. The van der Waals surface area contributed by atoms with Crippen LogP contribution in [0, 0.1) is 0 Å². The van der Waals surface area contributed by atoms with Gasteiger partial charge in [0, 0.05) is 23.5 Å². The van der Waals surface area contributed by atoms with Crippen LogP contribution in [0.25, 0.3) is 27.8 Å². The van der Waals surface area contributed by atoms with Gasteiger partial charge < -0.3 is 9.30 Å². The molecule has 0 fully saturated rings. The molecule has 3 nitrogen and oxygen atoms in total. The summed E-state index contributed by atoms with van der Waals surface area (Å²) in [5, 5.41) is 1.13. The molecule has 23 heavy (non-hydrogen) atoms. The van der Waals surface area contributed by atoms with Gasteiger partial charge in [0.2, 0.25) is 0 Å². The number of ether oxygens (including phenoxy) is 1. The Hall–Kier alpha value is -3.07. The SMILES string of the molecule is COc1ccc(-c2cc3cnccc3n2-c2ccccc2)cc1. The van der Waals surface area contributed by atoms with Gasteiger partial charge in [0.25, 0.3) is 0 Å². The lowest BCUT2D eigenvalue weighted by molar-refractivity contribution is 0.415. The maximum absolute atomic E-state index is 5.26. The van der Waals surface area contributed by atoms with Crippen LogP contribution in [0.5, 0.6) is 5.75 Å². The Morgan fingerprint density at radius 3 is 2.43 bits per heavy atom. The lowest BCUT2D eigenvalue weighted by Crippen LogP contribution is -1.96. The van der Waals surface area contributed by atoms with Crippen molar-refractivity contribution in [3.8, 4) is 22.7 Å². The largest absolute Gasteiger partial charge is 0.497 e. The molecule has 0 unspecified atom stereocenters. The minimum atomic E-state index is 0.859. The molecule has 2 aromatic carbocycles. The van der Waals surface area contributed by atoms with Crippen molar-refractivity contribution in [2.45, 2.75) is 0 Å². The molecule has 0 atom stereocenters. The molecule has 0 aliphatic heterocycles. The van der Waals surface area contributed by atoms with Gasteiger partial charge in [-0.2, -0.15) is 0 Å². The van der Waals surface area contributed by atoms with Crippen molar-refractivity contribution in [1.29, 1.82) is 0 Å². The number of fused-ring (bicyclic) bond motifs is 1. The van der Waals surface area contributed by atoms with E-state index in [9.17, 15) is 0 Å². The predicted octanol–water partition coefficient (Wildman–Crippen LogP) is 4.70. The third kappa shape index (κ3) is 2.36.